The molecule has 0 aliphatic carbocycles. The lowest BCUT2D eigenvalue weighted by Gasteiger charge is -1.97. The van der Waals surface area contributed by atoms with Crippen LogP contribution in [0.5, 0.6) is 0 Å². The summed E-state index contributed by atoms with van der Waals surface area (Å²) in [6.45, 7) is 1.82. The van der Waals surface area contributed by atoms with Crippen LogP contribution in [0.2, 0.25) is 0 Å². The van der Waals surface area contributed by atoms with Crippen molar-refractivity contribution in [2.45, 2.75) is 6.92 Å². The smallest absolute Gasteiger partial charge is 0.356 e. The lowest BCUT2D eigenvalue weighted by atomic mass is 10.3. The molecule has 0 aromatic rings. The topological polar surface area (TPSA) is 96.4 Å². The second kappa shape index (κ2) is 4.32. The minimum absolute atomic E-state index is 0.195. The van der Waals surface area contributed by atoms with Crippen LogP contribution < -0.4 is 5.73 Å². The zero-order chi connectivity index (χ0) is 8.85. The van der Waals surface area contributed by atoms with Crippen molar-refractivity contribution in [1.82, 2.24) is 0 Å². The third kappa shape index (κ3) is 3.96. The molecule has 0 fully saturated rings. The summed E-state index contributed by atoms with van der Waals surface area (Å²) < 4.78 is 4.43. The van der Waals surface area contributed by atoms with E-state index < -0.39 is 17.6 Å². The Bertz CT molecular complexity index is 194. The highest BCUT2D eigenvalue weighted by Gasteiger charge is 2.06. The van der Waals surface area contributed by atoms with E-state index in [4.69, 9.17) is 16.2 Å². The molecule has 0 unspecified atom stereocenters. The van der Waals surface area contributed by atoms with Crippen LogP contribution in [-0.2, 0) is 9.53 Å². The second-order valence-electron chi connectivity index (χ2n) is 1.70. The third-order valence-electron chi connectivity index (χ3n) is 0.788. The Balaban J connectivity index is 4.05. The van der Waals surface area contributed by atoms with Crippen LogP contribution in [-0.4, -0.2) is 23.4 Å². The van der Waals surface area contributed by atoms with Gasteiger partial charge in [-0.3, -0.25) is 5.41 Å². The van der Waals surface area contributed by atoms with E-state index in [0.29, 0.717) is 0 Å². The molecule has 0 amide bonds. The fourth-order valence-corrected chi connectivity index (χ4v) is 0.416. The van der Waals surface area contributed by atoms with Crippen LogP contribution in [0.1, 0.15) is 6.92 Å². The lowest BCUT2D eigenvalue weighted by Crippen LogP contribution is -2.15. The largest absolute Gasteiger partial charge is 0.495 e. The van der Waals surface area contributed by atoms with Gasteiger partial charge in [-0.05, 0) is 6.92 Å². The molecule has 0 atom stereocenters. The molecule has 4 N–H and O–H groups in total. The maximum Gasteiger partial charge on any atom is 0.356 e. The van der Waals surface area contributed by atoms with Crippen LogP contribution in [0.15, 0.2) is 12.0 Å². The number of aliphatic hydroxyl groups is 1. The van der Waals surface area contributed by atoms with Crippen molar-refractivity contribution in [2.75, 3.05) is 6.61 Å². The fraction of sp³-hybridized carbons (Fsp3) is 0.333. The SMILES string of the molecule is CCOC(=O)C(=N)/C=C(\N)O. The molecule has 0 radical (unpaired) electrons. The van der Waals surface area contributed by atoms with Gasteiger partial charge in [-0.25, -0.2) is 4.79 Å². The lowest BCUT2D eigenvalue weighted by molar-refractivity contribution is -0.135. The zero-order valence-electron chi connectivity index (χ0n) is 6.13. The minimum Gasteiger partial charge on any atom is -0.495 e. The van der Waals surface area contributed by atoms with E-state index in [-0.39, 0.29) is 6.61 Å². The molecule has 0 aromatic carbocycles. The molecular formula is C6H10N2O3. The van der Waals surface area contributed by atoms with Gasteiger partial charge in [0.05, 0.1) is 6.61 Å². The van der Waals surface area contributed by atoms with Gasteiger partial charge in [0.25, 0.3) is 0 Å². The van der Waals surface area contributed by atoms with Crippen molar-refractivity contribution in [3.05, 3.63) is 12.0 Å². The summed E-state index contributed by atoms with van der Waals surface area (Å²) in [5, 5.41) is 15.4. The summed E-state index contributed by atoms with van der Waals surface area (Å²) in [6.07, 6.45) is 0.817. The maximum atomic E-state index is 10.6. The second-order valence-corrected chi connectivity index (χ2v) is 1.70. The molecule has 62 valence electrons. The molecule has 0 bridgehead atoms. The van der Waals surface area contributed by atoms with Crippen LogP contribution in [0, 0.1) is 5.41 Å². The van der Waals surface area contributed by atoms with Crippen LogP contribution in [0.25, 0.3) is 0 Å². The number of nitrogens with one attached hydrogen (secondary N) is 1. The average molecular weight is 158 g/mol. The van der Waals surface area contributed by atoms with Gasteiger partial charge in [0.1, 0.15) is 5.71 Å². The Labute approximate surface area is 64.0 Å². The molecule has 11 heavy (non-hydrogen) atoms. The highest BCUT2D eigenvalue weighted by molar-refractivity contribution is 6.39. The van der Waals surface area contributed by atoms with E-state index >= 15 is 0 Å². The van der Waals surface area contributed by atoms with Crippen molar-refractivity contribution >= 4 is 11.7 Å². The number of nitrogens with two attached hydrogens (primary N) is 1. The Morgan fingerprint density at radius 2 is 2.36 bits per heavy atom. The maximum absolute atomic E-state index is 10.6. The molecule has 0 heterocycles. The van der Waals surface area contributed by atoms with Gasteiger partial charge < -0.3 is 15.6 Å². The summed E-state index contributed by atoms with van der Waals surface area (Å²) in [4.78, 5) is 10.6. The number of ether oxygens (including phenoxy) is 1. The molecule has 5 heteroatoms. The molecule has 0 spiro atoms. The Morgan fingerprint density at radius 3 is 2.73 bits per heavy atom. The van der Waals surface area contributed by atoms with Crippen molar-refractivity contribution in [2.24, 2.45) is 5.73 Å². The fourth-order valence-electron chi connectivity index (χ4n) is 0.416. The van der Waals surface area contributed by atoms with Crippen LogP contribution in [0.4, 0.5) is 0 Å². The summed E-state index contributed by atoms with van der Waals surface area (Å²) in [5.41, 5.74) is 4.33. The number of aliphatic hydroxyl groups excluding tert-OH is 1. The van der Waals surface area contributed by atoms with E-state index in [1.54, 1.807) is 6.92 Å². The first-order valence-corrected chi connectivity index (χ1v) is 2.99. The van der Waals surface area contributed by atoms with Gasteiger partial charge in [-0.1, -0.05) is 0 Å². The predicted molar refractivity (Wildman–Crippen MR) is 39.3 cm³/mol. The number of carbonyl (C=O) groups is 1. The summed E-state index contributed by atoms with van der Waals surface area (Å²) in [5.74, 6) is -1.38. The Hall–Kier alpha value is -1.52. The minimum atomic E-state index is -0.801. The first-order chi connectivity index (χ1) is 5.07. The van der Waals surface area contributed by atoms with Crippen molar-refractivity contribution in [3.8, 4) is 0 Å². The van der Waals surface area contributed by atoms with E-state index in [0.717, 1.165) is 6.08 Å². The van der Waals surface area contributed by atoms with E-state index in [2.05, 4.69) is 4.74 Å². The molecule has 0 aliphatic heterocycles. The van der Waals surface area contributed by atoms with Gasteiger partial charge in [-0.15, -0.1) is 0 Å². The normalized spacial score (nSPS) is 10.8. The third-order valence-corrected chi connectivity index (χ3v) is 0.788. The summed E-state index contributed by atoms with van der Waals surface area (Å²) in [6, 6.07) is 0. The zero-order valence-corrected chi connectivity index (χ0v) is 6.13. The van der Waals surface area contributed by atoms with Crippen LogP contribution >= 0.6 is 0 Å². The summed E-state index contributed by atoms with van der Waals surface area (Å²) in [7, 11) is 0. The summed E-state index contributed by atoms with van der Waals surface area (Å²) >= 11 is 0. The average Bonchev–Trinajstić information content (AvgIpc) is 1.86. The Morgan fingerprint density at radius 1 is 1.82 bits per heavy atom. The van der Waals surface area contributed by atoms with E-state index in [9.17, 15) is 4.79 Å². The highest BCUT2D eigenvalue weighted by Crippen LogP contribution is 1.85. The molecule has 0 saturated heterocycles. The standard InChI is InChI=1S/C6H10N2O3/c1-2-11-6(10)4(7)3-5(8)9/h3,7,9H,2,8H2,1H3/b5-3+,7-4?. The number of esters is 1. The van der Waals surface area contributed by atoms with Crippen LogP contribution in [0.3, 0.4) is 0 Å². The van der Waals surface area contributed by atoms with E-state index in [1.807, 2.05) is 0 Å². The van der Waals surface area contributed by atoms with Gasteiger partial charge in [0.2, 0.25) is 0 Å². The number of carbonyl (C=O) groups excluding carboxylic acids is 1. The van der Waals surface area contributed by atoms with Gasteiger partial charge in [0.15, 0.2) is 5.88 Å². The molecule has 0 aromatic heterocycles. The first-order valence-electron chi connectivity index (χ1n) is 2.99. The van der Waals surface area contributed by atoms with Gasteiger partial charge in [-0.2, -0.15) is 0 Å². The quantitative estimate of drug-likeness (QED) is 0.304. The van der Waals surface area contributed by atoms with Gasteiger partial charge in [0, 0.05) is 6.08 Å². The molecule has 0 aliphatic rings. The highest BCUT2D eigenvalue weighted by atomic mass is 16.5. The molecule has 0 rings (SSSR count). The van der Waals surface area contributed by atoms with Crippen molar-refractivity contribution in [1.29, 1.82) is 5.41 Å². The monoisotopic (exact) mass is 158 g/mol. The number of hydrogen-bond acceptors (Lipinski definition) is 5. The van der Waals surface area contributed by atoms with E-state index in [1.165, 1.54) is 0 Å². The Kier molecular flexibility index (Phi) is 3.72. The predicted octanol–water partition coefficient (Wildman–Crippen LogP) is -0.0726. The first kappa shape index (κ1) is 9.48. The van der Waals surface area contributed by atoms with Crippen molar-refractivity contribution < 1.29 is 14.6 Å². The number of rotatable bonds is 3. The molecule has 5 nitrogen and oxygen atoms in total. The molecule has 0 saturated carbocycles. The number of hydrogen-bond donors (Lipinski definition) is 3. The van der Waals surface area contributed by atoms with Gasteiger partial charge >= 0.3 is 5.97 Å². The van der Waals surface area contributed by atoms with Crippen molar-refractivity contribution in [3.63, 3.8) is 0 Å². The molecular weight excluding hydrogens is 148 g/mol.